The van der Waals surface area contributed by atoms with Gasteiger partial charge < -0.3 is 0 Å². The van der Waals surface area contributed by atoms with Gasteiger partial charge in [-0.2, -0.15) is 5.26 Å². The molecule has 2 rings (SSSR count). The Morgan fingerprint density at radius 3 is 3.14 bits per heavy atom. The van der Waals surface area contributed by atoms with Gasteiger partial charge in [0.15, 0.2) is 11.2 Å². The fourth-order valence-electron chi connectivity index (χ4n) is 1.18. The van der Waals surface area contributed by atoms with Gasteiger partial charge in [0.05, 0.1) is 0 Å². The molecule has 0 bridgehead atoms. The van der Waals surface area contributed by atoms with Crippen LogP contribution >= 0.6 is 11.8 Å². The number of nitrogens with one attached hydrogen (secondary N) is 1. The van der Waals surface area contributed by atoms with E-state index >= 15 is 0 Å². The van der Waals surface area contributed by atoms with E-state index in [9.17, 15) is 4.79 Å². The molecular weight excluding hydrogens is 200 g/mol. The largest absolute Gasteiger partial charge is 0.297 e. The van der Waals surface area contributed by atoms with Crippen molar-refractivity contribution in [3.05, 3.63) is 28.2 Å². The second kappa shape index (κ2) is 3.20. The molecule has 0 fully saturated rings. The van der Waals surface area contributed by atoms with Crippen molar-refractivity contribution in [2.75, 3.05) is 6.26 Å². The first-order valence-corrected chi connectivity index (χ1v) is 5.04. The number of fused-ring (bicyclic) bond motifs is 1. The van der Waals surface area contributed by atoms with Crippen LogP contribution < -0.4 is 5.56 Å². The summed E-state index contributed by atoms with van der Waals surface area (Å²) < 4.78 is 1.25. The number of rotatable bonds is 1. The Morgan fingerprint density at radius 2 is 2.50 bits per heavy atom. The normalized spacial score (nSPS) is 10.3. The summed E-state index contributed by atoms with van der Waals surface area (Å²) in [6, 6.07) is 3.54. The second-order valence-corrected chi connectivity index (χ2v) is 3.36. The third-order valence-corrected chi connectivity index (χ3v) is 2.50. The van der Waals surface area contributed by atoms with Gasteiger partial charge in [0.25, 0.3) is 5.56 Å². The lowest BCUT2D eigenvalue weighted by molar-refractivity contribution is 0.867. The van der Waals surface area contributed by atoms with E-state index in [4.69, 9.17) is 5.26 Å². The van der Waals surface area contributed by atoms with Crippen molar-refractivity contribution in [3.8, 4) is 6.07 Å². The molecule has 2 aromatic rings. The van der Waals surface area contributed by atoms with Crippen molar-refractivity contribution in [3.63, 3.8) is 0 Å². The van der Waals surface area contributed by atoms with Gasteiger partial charge in [0.1, 0.15) is 11.1 Å². The van der Waals surface area contributed by atoms with Crippen molar-refractivity contribution in [2.24, 2.45) is 0 Å². The van der Waals surface area contributed by atoms with Crippen LogP contribution in [0.25, 0.3) is 5.65 Å². The number of aromatic nitrogens is 3. The van der Waals surface area contributed by atoms with Crippen molar-refractivity contribution in [1.29, 1.82) is 5.26 Å². The average molecular weight is 206 g/mol. The van der Waals surface area contributed by atoms with E-state index in [1.807, 2.05) is 6.07 Å². The van der Waals surface area contributed by atoms with E-state index in [1.165, 1.54) is 16.3 Å². The molecule has 5 nitrogen and oxygen atoms in total. The number of nitriles is 1. The Balaban J connectivity index is 2.95. The van der Waals surface area contributed by atoms with Crippen LogP contribution in [0.5, 0.6) is 0 Å². The SMILES string of the molecule is CSc1nc2cc[nH]n2c(=O)c1C#N. The molecule has 0 aliphatic carbocycles. The van der Waals surface area contributed by atoms with Crippen LogP contribution in [0.3, 0.4) is 0 Å². The first kappa shape index (κ1) is 8.84. The van der Waals surface area contributed by atoms with Crippen LogP contribution in [0.1, 0.15) is 5.56 Å². The topological polar surface area (TPSA) is 74.0 Å². The third kappa shape index (κ3) is 1.10. The lowest BCUT2D eigenvalue weighted by Crippen LogP contribution is -2.19. The van der Waals surface area contributed by atoms with Crippen LogP contribution in [0.15, 0.2) is 22.1 Å². The zero-order valence-electron chi connectivity index (χ0n) is 7.31. The molecule has 2 aromatic heterocycles. The molecule has 0 atom stereocenters. The highest BCUT2D eigenvalue weighted by Crippen LogP contribution is 2.14. The van der Waals surface area contributed by atoms with Gasteiger partial charge >= 0.3 is 0 Å². The van der Waals surface area contributed by atoms with Gasteiger partial charge in [-0.1, -0.05) is 0 Å². The van der Waals surface area contributed by atoms with Gasteiger partial charge in [-0.05, 0) is 6.26 Å². The summed E-state index contributed by atoms with van der Waals surface area (Å²) in [5.41, 5.74) is 0.252. The van der Waals surface area contributed by atoms with Crippen molar-refractivity contribution >= 4 is 17.4 Å². The van der Waals surface area contributed by atoms with Gasteiger partial charge in [0.2, 0.25) is 0 Å². The van der Waals surface area contributed by atoms with Crippen LogP contribution in [0.4, 0.5) is 0 Å². The summed E-state index contributed by atoms with van der Waals surface area (Å²) in [5.74, 6) is 0. The summed E-state index contributed by atoms with van der Waals surface area (Å²) in [7, 11) is 0. The summed E-state index contributed by atoms with van der Waals surface area (Å²) in [4.78, 5) is 15.8. The molecule has 2 heterocycles. The van der Waals surface area contributed by atoms with Crippen molar-refractivity contribution in [2.45, 2.75) is 5.03 Å². The minimum atomic E-state index is -0.355. The summed E-state index contributed by atoms with van der Waals surface area (Å²) in [5, 5.41) is 12.0. The molecular formula is C8H6N4OS. The predicted molar refractivity (Wildman–Crippen MR) is 52.3 cm³/mol. The van der Waals surface area contributed by atoms with E-state index < -0.39 is 0 Å². The summed E-state index contributed by atoms with van der Waals surface area (Å²) >= 11 is 1.29. The van der Waals surface area contributed by atoms with Crippen molar-refractivity contribution in [1.82, 2.24) is 14.6 Å². The smallest absolute Gasteiger partial charge is 0.291 e. The standard InChI is InChI=1S/C8H6N4OS/c1-14-7-5(4-9)8(13)12-6(11-7)2-3-10-12/h2-3,10H,1H3. The molecule has 1 N–H and O–H groups in total. The molecule has 0 spiro atoms. The molecule has 70 valence electrons. The average Bonchev–Trinajstić information content (AvgIpc) is 2.65. The molecule has 0 aliphatic rings. The minimum absolute atomic E-state index is 0.0810. The maximum Gasteiger partial charge on any atom is 0.291 e. The predicted octanol–water partition coefficient (Wildman–Crippen LogP) is 0.616. The molecule has 0 unspecified atom stereocenters. The van der Waals surface area contributed by atoms with Gasteiger partial charge in [-0.3, -0.25) is 9.89 Å². The van der Waals surface area contributed by atoms with Gasteiger partial charge in [-0.15, -0.1) is 11.8 Å². The number of hydrogen-bond acceptors (Lipinski definition) is 4. The second-order valence-electron chi connectivity index (χ2n) is 2.57. The Bertz CT molecular complexity index is 577. The number of hydrogen-bond donors (Lipinski definition) is 1. The highest BCUT2D eigenvalue weighted by atomic mass is 32.2. The first-order chi connectivity index (χ1) is 6.77. The van der Waals surface area contributed by atoms with E-state index in [2.05, 4.69) is 10.1 Å². The molecule has 0 amide bonds. The molecule has 0 aromatic carbocycles. The maximum atomic E-state index is 11.7. The van der Waals surface area contributed by atoms with E-state index in [0.29, 0.717) is 10.7 Å². The van der Waals surface area contributed by atoms with Crippen LogP contribution in [-0.4, -0.2) is 20.9 Å². The third-order valence-electron chi connectivity index (χ3n) is 1.82. The Morgan fingerprint density at radius 1 is 1.71 bits per heavy atom. The minimum Gasteiger partial charge on any atom is -0.297 e. The number of nitrogens with zero attached hydrogens (tertiary/aromatic N) is 3. The highest BCUT2D eigenvalue weighted by molar-refractivity contribution is 7.98. The lowest BCUT2D eigenvalue weighted by Gasteiger charge is -1.98. The zero-order valence-corrected chi connectivity index (χ0v) is 8.13. The number of H-pyrrole nitrogens is 1. The van der Waals surface area contributed by atoms with Crippen LogP contribution in [-0.2, 0) is 0 Å². The molecule has 0 radical (unpaired) electrons. The first-order valence-electron chi connectivity index (χ1n) is 3.82. The van der Waals surface area contributed by atoms with Crippen LogP contribution in [0.2, 0.25) is 0 Å². The summed E-state index contributed by atoms with van der Waals surface area (Å²) in [6.45, 7) is 0. The van der Waals surface area contributed by atoms with E-state index in [-0.39, 0.29) is 11.1 Å². The fraction of sp³-hybridized carbons (Fsp3) is 0.125. The monoisotopic (exact) mass is 206 g/mol. The van der Waals surface area contributed by atoms with Gasteiger partial charge in [0, 0.05) is 12.3 Å². The number of aromatic amines is 1. The molecule has 0 aliphatic heterocycles. The summed E-state index contributed by atoms with van der Waals surface area (Å²) in [6.07, 6.45) is 3.39. The molecule has 0 saturated carbocycles. The zero-order chi connectivity index (χ0) is 10.1. The Hall–Kier alpha value is -1.74. The lowest BCUT2D eigenvalue weighted by atomic mass is 10.4. The van der Waals surface area contributed by atoms with E-state index in [0.717, 1.165) is 0 Å². The van der Waals surface area contributed by atoms with Crippen molar-refractivity contribution < 1.29 is 0 Å². The maximum absolute atomic E-state index is 11.7. The highest BCUT2D eigenvalue weighted by Gasteiger charge is 2.11. The van der Waals surface area contributed by atoms with Crippen LogP contribution in [0, 0.1) is 11.3 Å². The molecule has 14 heavy (non-hydrogen) atoms. The molecule has 6 heteroatoms. The van der Waals surface area contributed by atoms with Gasteiger partial charge in [-0.25, -0.2) is 9.50 Å². The quantitative estimate of drug-likeness (QED) is 0.548. The molecule has 0 saturated heterocycles. The Labute approximate surface area is 83.4 Å². The Kier molecular flexibility index (Phi) is 2.02. The fourth-order valence-corrected chi connectivity index (χ4v) is 1.71. The number of thioether (sulfide) groups is 1. The van der Waals surface area contributed by atoms with E-state index in [1.54, 1.807) is 18.5 Å².